The number of hydrogen-bond acceptors (Lipinski definition) is 5. The Morgan fingerprint density at radius 1 is 0.609 bits per heavy atom. The molecule has 0 aliphatic heterocycles. The highest BCUT2D eigenvalue weighted by molar-refractivity contribution is 5.47. The third-order valence-electron chi connectivity index (χ3n) is 3.44. The van der Waals surface area contributed by atoms with Crippen LogP contribution < -0.4 is 25.4 Å². The molecule has 0 aliphatic carbocycles. The lowest BCUT2D eigenvalue weighted by molar-refractivity contribution is 0.415. The first-order valence-corrected chi connectivity index (χ1v) is 7.78. The van der Waals surface area contributed by atoms with Gasteiger partial charge >= 0.3 is 0 Å². The fraction of sp³-hybridized carbons (Fsp3) is 0.333. The van der Waals surface area contributed by atoms with Crippen molar-refractivity contribution < 1.29 is 9.47 Å². The topological polar surface area (TPSA) is 54.5 Å². The van der Waals surface area contributed by atoms with E-state index < -0.39 is 0 Å². The fourth-order valence-electron chi connectivity index (χ4n) is 2.13. The monoisotopic (exact) mass is 315 g/mol. The van der Waals surface area contributed by atoms with Crippen molar-refractivity contribution >= 4 is 11.4 Å². The van der Waals surface area contributed by atoms with Gasteiger partial charge in [0.05, 0.1) is 14.2 Å². The standard InChI is InChI=1S/C18H25N3O2/c1-22-17-7-3-15(4-8-17)20-13-11-19-12-14-21-16-5-9-18(23-2)10-6-16/h3-10,19-21H,11-14H2,1-2H3. The van der Waals surface area contributed by atoms with Crippen LogP contribution in [0.5, 0.6) is 11.5 Å². The predicted octanol–water partition coefficient (Wildman–Crippen LogP) is 2.82. The number of hydrogen-bond donors (Lipinski definition) is 3. The third kappa shape index (κ3) is 6.08. The Hall–Kier alpha value is -2.40. The van der Waals surface area contributed by atoms with Gasteiger partial charge in [-0.25, -0.2) is 0 Å². The van der Waals surface area contributed by atoms with Crippen molar-refractivity contribution in [2.24, 2.45) is 0 Å². The van der Waals surface area contributed by atoms with Crippen LogP contribution in [-0.2, 0) is 0 Å². The summed E-state index contributed by atoms with van der Waals surface area (Å²) in [7, 11) is 3.35. The highest BCUT2D eigenvalue weighted by Crippen LogP contribution is 2.15. The zero-order chi connectivity index (χ0) is 16.3. The van der Waals surface area contributed by atoms with E-state index in [4.69, 9.17) is 9.47 Å². The summed E-state index contributed by atoms with van der Waals surface area (Å²) < 4.78 is 10.3. The van der Waals surface area contributed by atoms with Crippen LogP contribution in [0.15, 0.2) is 48.5 Å². The quantitative estimate of drug-likeness (QED) is 0.589. The van der Waals surface area contributed by atoms with Crippen molar-refractivity contribution in [1.82, 2.24) is 5.32 Å². The minimum absolute atomic E-state index is 0.873. The second-order valence-corrected chi connectivity index (χ2v) is 5.06. The minimum atomic E-state index is 0.873. The van der Waals surface area contributed by atoms with E-state index in [-0.39, 0.29) is 0 Å². The fourth-order valence-corrected chi connectivity index (χ4v) is 2.13. The van der Waals surface area contributed by atoms with Gasteiger partial charge in [0.1, 0.15) is 11.5 Å². The molecule has 2 rings (SSSR count). The Labute approximate surface area is 138 Å². The normalized spacial score (nSPS) is 10.2. The number of anilines is 2. The molecule has 2 aromatic rings. The van der Waals surface area contributed by atoms with Crippen molar-refractivity contribution in [2.75, 3.05) is 51.0 Å². The molecule has 23 heavy (non-hydrogen) atoms. The molecule has 0 atom stereocenters. The summed E-state index contributed by atoms with van der Waals surface area (Å²) >= 11 is 0. The summed E-state index contributed by atoms with van der Waals surface area (Å²) in [5.41, 5.74) is 2.20. The van der Waals surface area contributed by atoms with E-state index in [2.05, 4.69) is 16.0 Å². The maximum atomic E-state index is 5.13. The van der Waals surface area contributed by atoms with Crippen LogP contribution in [0.25, 0.3) is 0 Å². The molecule has 3 N–H and O–H groups in total. The number of benzene rings is 2. The van der Waals surface area contributed by atoms with Gasteiger partial charge in [-0.3, -0.25) is 0 Å². The van der Waals surface area contributed by atoms with Gasteiger partial charge in [0.15, 0.2) is 0 Å². The van der Waals surface area contributed by atoms with E-state index in [1.54, 1.807) is 14.2 Å². The minimum Gasteiger partial charge on any atom is -0.497 e. The number of methoxy groups -OCH3 is 2. The van der Waals surface area contributed by atoms with Crippen LogP contribution >= 0.6 is 0 Å². The molecule has 0 heterocycles. The summed E-state index contributed by atoms with van der Waals surface area (Å²) in [4.78, 5) is 0. The molecule has 0 spiro atoms. The number of nitrogens with one attached hydrogen (secondary N) is 3. The van der Waals surface area contributed by atoms with Gasteiger partial charge in [0.25, 0.3) is 0 Å². The molecule has 0 saturated carbocycles. The number of rotatable bonds is 10. The molecule has 0 aromatic heterocycles. The van der Waals surface area contributed by atoms with Crippen molar-refractivity contribution in [3.8, 4) is 11.5 Å². The predicted molar refractivity (Wildman–Crippen MR) is 95.8 cm³/mol. The first kappa shape index (κ1) is 17.0. The maximum Gasteiger partial charge on any atom is 0.119 e. The number of ether oxygens (including phenoxy) is 2. The molecule has 0 saturated heterocycles. The van der Waals surface area contributed by atoms with Crippen molar-refractivity contribution in [3.05, 3.63) is 48.5 Å². The molecule has 0 radical (unpaired) electrons. The smallest absolute Gasteiger partial charge is 0.119 e. The van der Waals surface area contributed by atoms with Gasteiger partial charge in [-0.1, -0.05) is 0 Å². The van der Waals surface area contributed by atoms with E-state index in [0.29, 0.717) is 0 Å². The molecule has 2 aromatic carbocycles. The lowest BCUT2D eigenvalue weighted by Crippen LogP contribution is -2.27. The van der Waals surface area contributed by atoms with Crippen LogP contribution in [-0.4, -0.2) is 40.4 Å². The summed E-state index contributed by atoms with van der Waals surface area (Å²) in [5.74, 6) is 1.75. The Morgan fingerprint density at radius 3 is 1.35 bits per heavy atom. The van der Waals surface area contributed by atoms with E-state index >= 15 is 0 Å². The van der Waals surface area contributed by atoms with Crippen LogP contribution in [0.1, 0.15) is 0 Å². The van der Waals surface area contributed by atoms with Crippen LogP contribution in [0.4, 0.5) is 11.4 Å². The van der Waals surface area contributed by atoms with Gasteiger partial charge in [0.2, 0.25) is 0 Å². The summed E-state index contributed by atoms with van der Waals surface area (Å²) in [6, 6.07) is 15.9. The summed E-state index contributed by atoms with van der Waals surface area (Å²) in [5, 5.41) is 10.1. The first-order valence-electron chi connectivity index (χ1n) is 7.78. The second-order valence-electron chi connectivity index (χ2n) is 5.06. The zero-order valence-corrected chi connectivity index (χ0v) is 13.8. The lowest BCUT2D eigenvalue weighted by Gasteiger charge is -2.10. The molecule has 0 bridgehead atoms. The third-order valence-corrected chi connectivity index (χ3v) is 3.44. The highest BCUT2D eigenvalue weighted by atomic mass is 16.5. The van der Waals surface area contributed by atoms with Crippen LogP contribution in [0.3, 0.4) is 0 Å². The molecular formula is C18H25N3O2. The second kappa shape index (κ2) is 9.58. The molecule has 0 amide bonds. The van der Waals surface area contributed by atoms with Gasteiger partial charge in [-0.15, -0.1) is 0 Å². The maximum absolute atomic E-state index is 5.13. The Balaban J connectivity index is 1.53. The molecule has 5 heteroatoms. The summed E-state index contributed by atoms with van der Waals surface area (Å²) in [6.45, 7) is 3.59. The van der Waals surface area contributed by atoms with E-state index in [9.17, 15) is 0 Å². The van der Waals surface area contributed by atoms with E-state index in [0.717, 1.165) is 49.1 Å². The lowest BCUT2D eigenvalue weighted by atomic mass is 10.3. The van der Waals surface area contributed by atoms with Crippen LogP contribution in [0.2, 0.25) is 0 Å². The van der Waals surface area contributed by atoms with Gasteiger partial charge in [-0.2, -0.15) is 0 Å². The van der Waals surface area contributed by atoms with Crippen molar-refractivity contribution in [3.63, 3.8) is 0 Å². The summed E-state index contributed by atoms with van der Waals surface area (Å²) in [6.07, 6.45) is 0. The SMILES string of the molecule is COc1ccc(NCCNCCNc2ccc(OC)cc2)cc1. The Morgan fingerprint density at radius 2 is 1.00 bits per heavy atom. The van der Waals surface area contributed by atoms with Gasteiger partial charge in [0, 0.05) is 37.6 Å². The Bertz CT molecular complexity index is 504. The first-order chi connectivity index (χ1) is 11.3. The van der Waals surface area contributed by atoms with Crippen molar-refractivity contribution in [2.45, 2.75) is 0 Å². The largest absolute Gasteiger partial charge is 0.497 e. The molecule has 0 unspecified atom stereocenters. The van der Waals surface area contributed by atoms with Gasteiger partial charge in [-0.05, 0) is 48.5 Å². The molecule has 0 fully saturated rings. The average Bonchev–Trinajstić information content (AvgIpc) is 2.62. The molecule has 5 nitrogen and oxygen atoms in total. The zero-order valence-electron chi connectivity index (χ0n) is 13.8. The van der Waals surface area contributed by atoms with Crippen LogP contribution in [0, 0.1) is 0 Å². The van der Waals surface area contributed by atoms with E-state index in [1.807, 2.05) is 48.5 Å². The van der Waals surface area contributed by atoms with Crippen molar-refractivity contribution in [1.29, 1.82) is 0 Å². The molecular weight excluding hydrogens is 290 g/mol. The van der Waals surface area contributed by atoms with E-state index in [1.165, 1.54) is 0 Å². The highest BCUT2D eigenvalue weighted by Gasteiger charge is 1.95. The average molecular weight is 315 g/mol. The van der Waals surface area contributed by atoms with Gasteiger partial charge < -0.3 is 25.4 Å². The molecule has 124 valence electrons. The molecule has 0 aliphatic rings. The Kier molecular flexibility index (Phi) is 7.07.